The number of aromatic nitrogens is 4. The number of fused-ring (bicyclic) bond motifs is 1. The Morgan fingerprint density at radius 1 is 1.37 bits per heavy atom. The van der Waals surface area contributed by atoms with Gasteiger partial charge in [-0.05, 0) is 19.1 Å². The topological polar surface area (TPSA) is 82.8 Å². The van der Waals surface area contributed by atoms with E-state index < -0.39 is 0 Å². The second-order valence-corrected chi connectivity index (χ2v) is 4.24. The monoisotopic (exact) mass is 261 g/mol. The Morgan fingerprint density at radius 2 is 2.21 bits per heavy atom. The van der Waals surface area contributed by atoms with Gasteiger partial charge in [-0.15, -0.1) is 0 Å². The lowest BCUT2D eigenvalue weighted by molar-refractivity contribution is 0.369. The third-order valence-corrected chi connectivity index (χ3v) is 2.86. The van der Waals surface area contributed by atoms with Gasteiger partial charge in [-0.1, -0.05) is 5.16 Å². The van der Waals surface area contributed by atoms with Crippen molar-refractivity contribution in [2.24, 2.45) is 0 Å². The number of nitrogens with two attached hydrogens (primary N) is 1. The van der Waals surface area contributed by atoms with Crippen molar-refractivity contribution in [1.29, 1.82) is 0 Å². The van der Waals surface area contributed by atoms with E-state index in [-0.39, 0.29) is 5.82 Å². The van der Waals surface area contributed by atoms with Crippen LogP contribution in [-0.2, 0) is 13.0 Å². The number of nitrogen functional groups attached to an aromatic ring is 1. The Kier molecular flexibility index (Phi) is 2.66. The molecule has 0 amide bonds. The van der Waals surface area contributed by atoms with E-state index in [1.54, 1.807) is 17.6 Å². The Balaban J connectivity index is 1.90. The molecule has 0 aliphatic carbocycles. The number of anilines is 1. The predicted molar refractivity (Wildman–Crippen MR) is 66.8 cm³/mol. The lowest BCUT2D eigenvalue weighted by Crippen LogP contribution is -2.05. The van der Waals surface area contributed by atoms with Gasteiger partial charge in [0.15, 0.2) is 5.82 Å². The van der Waals surface area contributed by atoms with Gasteiger partial charge in [-0.25, -0.2) is 9.37 Å². The lowest BCUT2D eigenvalue weighted by Gasteiger charge is -2.03. The van der Waals surface area contributed by atoms with Crippen LogP contribution in [0.3, 0.4) is 0 Å². The number of benzene rings is 1. The molecule has 19 heavy (non-hydrogen) atoms. The normalized spacial score (nSPS) is 11.3. The van der Waals surface area contributed by atoms with Crippen molar-refractivity contribution in [2.75, 3.05) is 5.73 Å². The van der Waals surface area contributed by atoms with Crippen molar-refractivity contribution >= 4 is 17.0 Å². The maximum Gasteiger partial charge on any atom is 0.228 e. The van der Waals surface area contributed by atoms with E-state index in [1.807, 2.05) is 0 Å². The van der Waals surface area contributed by atoms with Crippen LogP contribution in [0.25, 0.3) is 11.0 Å². The Bertz CT molecular complexity index is 733. The van der Waals surface area contributed by atoms with E-state index in [0.29, 0.717) is 36.1 Å². The number of imidazole rings is 1. The van der Waals surface area contributed by atoms with Gasteiger partial charge in [0.2, 0.25) is 11.8 Å². The lowest BCUT2D eigenvalue weighted by atomic mass is 10.3. The molecule has 6 nitrogen and oxygen atoms in total. The van der Waals surface area contributed by atoms with Gasteiger partial charge in [0, 0.05) is 19.0 Å². The molecule has 0 saturated carbocycles. The summed E-state index contributed by atoms with van der Waals surface area (Å²) in [7, 11) is 0. The molecule has 0 bridgehead atoms. The van der Waals surface area contributed by atoms with Crippen LogP contribution < -0.4 is 5.73 Å². The number of hydrogen-bond donors (Lipinski definition) is 1. The molecular formula is C12H12FN5O. The molecule has 0 aliphatic rings. The second kappa shape index (κ2) is 4.34. The molecule has 0 saturated heterocycles. The standard InChI is InChI=1S/C12H12FN5O/c1-7-15-11(19-17-7)4-5-18-10-3-2-8(13)6-9(10)16-12(18)14/h2-3,6H,4-5H2,1H3,(H2,14,16). The summed E-state index contributed by atoms with van der Waals surface area (Å²) in [5.41, 5.74) is 7.16. The van der Waals surface area contributed by atoms with Crippen molar-refractivity contribution in [3.8, 4) is 0 Å². The Morgan fingerprint density at radius 3 is 2.95 bits per heavy atom. The fourth-order valence-corrected chi connectivity index (χ4v) is 2.01. The van der Waals surface area contributed by atoms with Gasteiger partial charge < -0.3 is 14.8 Å². The maximum atomic E-state index is 13.1. The maximum absolute atomic E-state index is 13.1. The van der Waals surface area contributed by atoms with Gasteiger partial charge in [0.25, 0.3) is 0 Å². The number of rotatable bonds is 3. The number of nitrogens with zero attached hydrogens (tertiary/aromatic N) is 4. The van der Waals surface area contributed by atoms with E-state index in [9.17, 15) is 4.39 Å². The van der Waals surface area contributed by atoms with Crippen LogP contribution in [0, 0.1) is 12.7 Å². The third kappa shape index (κ3) is 2.14. The molecule has 2 N–H and O–H groups in total. The van der Waals surface area contributed by atoms with Crippen LogP contribution in [-0.4, -0.2) is 19.7 Å². The van der Waals surface area contributed by atoms with Crippen LogP contribution >= 0.6 is 0 Å². The molecular weight excluding hydrogens is 249 g/mol. The highest BCUT2D eigenvalue weighted by molar-refractivity contribution is 5.78. The van der Waals surface area contributed by atoms with Crippen molar-refractivity contribution < 1.29 is 8.91 Å². The summed E-state index contributed by atoms with van der Waals surface area (Å²) in [6.07, 6.45) is 0.549. The van der Waals surface area contributed by atoms with E-state index >= 15 is 0 Å². The Labute approximate surface area is 108 Å². The van der Waals surface area contributed by atoms with Crippen molar-refractivity contribution in [1.82, 2.24) is 19.7 Å². The first-order valence-corrected chi connectivity index (χ1v) is 5.84. The first kappa shape index (κ1) is 11.6. The summed E-state index contributed by atoms with van der Waals surface area (Å²) in [6, 6.07) is 4.41. The van der Waals surface area contributed by atoms with Crippen LogP contribution in [0.4, 0.5) is 10.3 Å². The fourth-order valence-electron chi connectivity index (χ4n) is 2.01. The minimum absolute atomic E-state index is 0.329. The highest BCUT2D eigenvalue weighted by Gasteiger charge is 2.10. The van der Waals surface area contributed by atoms with Crippen LogP contribution in [0.15, 0.2) is 22.7 Å². The van der Waals surface area contributed by atoms with E-state index in [1.165, 1.54) is 12.1 Å². The van der Waals surface area contributed by atoms with Gasteiger partial charge in [-0.2, -0.15) is 4.98 Å². The van der Waals surface area contributed by atoms with Crippen LogP contribution in [0.2, 0.25) is 0 Å². The van der Waals surface area contributed by atoms with Gasteiger partial charge >= 0.3 is 0 Å². The van der Waals surface area contributed by atoms with Gasteiger partial charge in [-0.3, -0.25) is 0 Å². The van der Waals surface area contributed by atoms with Crippen molar-refractivity contribution in [2.45, 2.75) is 19.9 Å². The van der Waals surface area contributed by atoms with Gasteiger partial charge in [0.1, 0.15) is 5.82 Å². The summed E-state index contributed by atoms with van der Waals surface area (Å²) in [4.78, 5) is 8.25. The minimum atomic E-state index is -0.329. The highest BCUT2D eigenvalue weighted by Crippen LogP contribution is 2.19. The molecule has 2 aromatic heterocycles. The van der Waals surface area contributed by atoms with Gasteiger partial charge in [0.05, 0.1) is 11.0 Å². The fraction of sp³-hybridized carbons (Fsp3) is 0.250. The minimum Gasteiger partial charge on any atom is -0.369 e. The highest BCUT2D eigenvalue weighted by atomic mass is 19.1. The molecule has 0 radical (unpaired) electrons. The Hall–Kier alpha value is -2.44. The van der Waals surface area contributed by atoms with E-state index in [0.717, 1.165) is 5.52 Å². The molecule has 0 spiro atoms. The zero-order valence-corrected chi connectivity index (χ0v) is 10.3. The summed E-state index contributed by atoms with van der Waals surface area (Å²) in [5, 5.41) is 3.72. The molecule has 3 aromatic rings. The quantitative estimate of drug-likeness (QED) is 0.775. The molecule has 1 aromatic carbocycles. The summed E-state index contributed by atoms with van der Waals surface area (Å²) in [5.74, 6) is 1.16. The summed E-state index contributed by atoms with van der Waals surface area (Å²) >= 11 is 0. The first-order valence-electron chi connectivity index (χ1n) is 5.84. The van der Waals surface area contributed by atoms with Crippen LogP contribution in [0.1, 0.15) is 11.7 Å². The molecule has 2 heterocycles. The van der Waals surface area contributed by atoms with Crippen molar-refractivity contribution in [3.05, 3.63) is 35.7 Å². The van der Waals surface area contributed by atoms with Crippen molar-refractivity contribution in [3.63, 3.8) is 0 Å². The zero-order valence-electron chi connectivity index (χ0n) is 10.3. The number of hydrogen-bond acceptors (Lipinski definition) is 5. The summed E-state index contributed by atoms with van der Waals surface area (Å²) < 4.78 is 19.9. The van der Waals surface area contributed by atoms with Crippen LogP contribution in [0.5, 0.6) is 0 Å². The molecule has 7 heteroatoms. The van der Waals surface area contributed by atoms with E-state index in [4.69, 9.17) is 10.3 Å². The average molecular weight is 261 g/mol. The third-order valence-electron chi connectivity index (χ3n) is 2.86. The van der Waals surface area contributed by atoms with E-state index in [2.05, 4.69) is 15.1 Å². The first-order chi connectivity index (χ1) is 9.13. The largest absolute Gasteiger partial charge is 0.369 e. The summed E-state index contributed by atoms with van der Waals surface area (Å²) in [6.45, 7) is 2.31. The molecule has 3 rings (SSSR count). The molecule has 0 unspecified atom stereocenters. The molecule has 98 valence electrons. The second-order valence-electron chi connectivity index (χ2n) is 4.24. The predicted octanol–water partition coefficient (Wildman–Crippen LogP) is 1.69. The molecule has 0 atom stereocenters. The molecule has 0 fully saturated rings. The number of halogens is 1. The number of aryl methyl sites for hydroxylation is 3. The SMILES string of the molecule is Cc1noc(CCn2c(N)nc3cc(F)ccc32)n1. The average Bonchev–Trinajstić information content (AvgIpc) is 2.89. The molecule has 0 aliphatic heterocycles. The smallest absolute Gasteiger partial charge is 0.228 e. The zero-order chi connectivity index (χ0) is 13.4.